The Kier molecular flexibility index (Phi) is 11.2. The molecule has 6 nitrogen and oxygen atoms in total. The van der Waals surface area contributed by atoms with Gasteiger partial charge in [0.05, 0.1) is 19.3 Å². The molecule has 2 unspecified atom stereocenters. The Morgan fingerprint density at radius 2 is 2.16 bits per heavy atom. The van der Waals surface area contributed by atoms with Crippen molar-refractivity contribution in [1.29, 1.82) is 0 Å². The average Bonchev–Trinajstić information content (AvgIpc) is 2.96. The first-order chi connectivity index (χ1) is 12.1. The van der Waals surface area contributed by atoms with Crippen LogP contribution < -0.4 is 0 Å². The van der Waals surface area contributed by atoms with E-state index in [0.717, 1.165) is 44.9 Å². The van der Waals surface area contributed by atoms with E-state index in [2.05, 4.69) is 11.7 Å². The number of hydrogen-bond acceptors (Lipinski definition) is 5. The molecule has 0 saturated carbocycles. The van der Waals surface area contributed by atoms with Crippen LogP contribution in [0, 0.1) is 0 Å². The zero-order valence-electron chi connectivity index (χ0n) is 15.6. The number of aliphatic hydroxyl groups excluding tert-OH is 1. The molecular formula is C19H33NO5. The molecule has 0 bridgehead atoms. The number of rotatable bonds is 13. The molecule has 0 aromatic rings. The third-order valence-corrected chi connectivity index (χ3v) is 4.42. The molecular weight excluding hydrogens is 322 g/mol. The Balaban J connectivity index is 2.26. The maximum absolute atomic E-state index is 12.0. The van der Waals surface area contributed by atoms with Gasteiger partial charge in [0.15, 0.2) is 0 Å². The molecule has 1 aliphatic heterocycles. The lowest BCUT2D eigenvalue weighted by Crippen LogP contribution is -2.33. The Labute approximate surface area is 151 Å². The quantitative estimate of drug-likeness (QED) is 0.312. The summed E-state index contributed by atoms with van der Waals surface area (Å²) >= 11 is 0. The molecule has 1 aliphatic rings. The largest absolute Gasteiger partial charge is 0.467 e. The van der Waals surface area contributed by atoms with Crippen LogP contribution in [-0.2, 0) is 19.1 Å². The minimum Gasteiger partial charge on any atom is -0.467 e. The standard InChI is InChI=1S/C19H33NO5/c1-3-4-5-8-17(21)11-9-16-10-12-18(22)20(16)13-6-7-14-25-15-19(23)24-2/h9,11,16-17,21H,3-8,10,12-15H2,1-2H3. The monoisotopic (exact) mass is 355 g/mol. The van der Waals surface area contributed by atoms with Crippen LogP contribution in [0.5, 0.6) is 0 Å². The van der Waals surface area contributed by atoms with Crippen LogP contribution in [0.1, 0.15) is 58.3 Å². The van der Waals surface area contributed by atoms with E-state index < -0.39 is 6.10 Å². The Bertz CT molecular complexity index is 424. The number of nitrogens with zero attached hydrogens (tertiary/aromatic N) is 1. The Morgan fingerprint density at radius 3 is 2.88 bits per heavy atom. The summed E-state index contributed by atoms with van der Waals surface area (Å²) in [7, 11) is 1.33. The van der Waals surface area contributed by atoms with Crippen LogP contribution in [0.2, 0.25) is 0 Å². The van der Waals surface area contributed by atoms with Crippen LogP contribution in [0.15, 0.2) is 12.2 Å². The van der Waals surface area contributed by atoms with Crippen molar-refractivity contribution in [2.45, 2.75) is 70.4 Å². The summed E-state index contributed by atoms with van der Waals surface area (Å²) in [4.78, 5) is 24.8. The van der Waals surface area contributed by atoms with Gasteiger partial charge < -0.3 is 19.5 Å². The molecule has 0 spiro atoms. The maximum Gasteiger partial charge on any atom is 0.331 e. The van der Waals surface area contributed by atoms with Gasteiger partial charge in [0, 0.05) is 19.6 Å². The predicted octanol–water partition coefficient (Wildman–Crippen LogP) is 2.44. The first kappa shape index (κ1) is 21.6. The molecule has 1 amide bonds. The highest BCUT2D eigenvalue weighted by Gasteiger charge is 2.28. The van der Waals surface area contributed by atoms with Gasteiger partial charge in [0.25, 0.3) is 0 Å². The lowest BCUT2D eigenvalue weighted by Gasteiger charge is -2.22. The van der Waals surface area contributed by atoms with Crippen molar-refractivity contribution in [2.75, 3.05) is 26.9 Å². The minimum absolute atomic E-state index is 0.0274. The van der Waals surface area contributed by atoms with Crippen LogP contribution in [-0.4, -0.2) is 60.9 Å². The summed E-state index contributed by atoms with van der Waals surface area (Å²) in [6, 6.07) is 0.0873. The summed E-state index contributed by atoms with van der Waals surface area (Å²) < 4.78 is 9.70. The van der Waals surface area contributed by atoms with Crippen molar-refractivity contribution in [1.82, 2.24) is 4.90 Å². The second-order valence-corrected chi connectivity index (χ2v) is 6.48. The number of aliphatic hydroxyl groups is 1. The molecule has 1 rings (SSSR count). The molecule has 2 atom stereocenters. The normalized spacial score (nSPS) is 18.9. The van der Waals surface area contributed by atoms with E-state index in [-0.39, 0.29) is 24.5 Å². The molecule has 1 fully saturated rings. The van der Waals surface area contributed by atoms with Crippen molar-refractivity contribution >= 4 is 11.9 Å². The van der Waals surface area contributed by atoms with Crippen LogP contribution in [0.4, 0.5) is 0 Å². The fraction of sp³-hybridized carbons (Fsp3) is 0.789. The average molecular weight is 355 g/mol. The van der Waals surface area contributed by atoms with Gasteiger partial charge >= 0.3 is 5.97 Å². The van der Waals surface area contributed by atoms with Crippen molar-refractivity contribution in [3.63, 3.8) is 0 Å². The van der Waals surface area contributed by atoms with E-state index in [1.807, 2.05) is 17.1 Å². The first-order valence-electron chi connectivity index (χ1n) is 9.38. The number of esters is 1. The fourth-order valence-electron chi connectivity index (χ4n) is 2.90. The van der Waals surface area contributed by atoms with Gasteiger partial charge in [-0.05, 0) is 25.7 Å². The number of ether oxygens (including phenoxy) is 2. The lowest BCUT2D eigenvalue weighted by molar-refractivity contribution is -0.145. The molecule has 0 aromatic carbocycles. The lowest BCUT2D eigenvalue weighted by atomic mass is 10.1. The van der Waals surface area contributed by atoms with E-state index in [4.69, 9.17) is 4.74 Å². The van der Waals surface area contributed by atoms with Crippen molar-refractivity contribution in [3.05, 3.63) is 12.2 Å². The van der Waals surface area contributed by atoms with E-state index in [1.54, 1.807) is 0 Å². The van der Waals surface area contributed by atoms with Gasteiger partial charge in [0.1, 0.15) is 6.61 Å². The van der Waals surface area contributed by atoms with Gasteiger partial charge in [-0.15, -0.1) is 0 Å². The third kappa shape index (κ3) is 9.02. The molecule has 0 aromatic heterocycles. The zero-order chi connectivity index (χ0) is 18.5. The number of carbonyl (C=O) groups excluding carboxylic acids is 2. The van der Waals surface area contributed by atoms with Gasteiger partial charge in [-0.3, -0.25) is 4.79 Å². The van der Waals surface area contributed by atoms with Gasteiger partial charge in [0.2, 0.25) is 5.91 Å². The summed E-state index contributed by atoms with van der Waals surface area (Å²) in [6.45, 7) is 3.28. The summed E-state index contributed by atoms with van der Waals surface area (Å²) in [6.07, 6.45) is 10.5. The molecule has 144 valence electrons. The van der Waals surface area contributed by atoms with E-state index in [9.17, 15) is 14.7 Å². The highest BCUT2D eigenvalue weighted by Crippen LogP contribution is 2.21. The molecule has 0 aliphatic carbocycles. The van der Waals surface area contributed by atoms with Crippen LogP contribution >= 0.6 is 0 Å². The Hall–Kier alpha value is -1.40. The predicted molar refractivity (Wildman–Crippen MR) is 96.1 cm³/mol. The molecule has 1 N–H and O–H groups in total. The fourth-order valence-corrected chi connectivity index (χ4v) is 2.90. The second-order valence-electron chi connectivity index (χ2n) is 6.48. The van der Waals surface area contributed by atoms with Crippen molar-refractivity contribution < 1.29 is 24.2 Å². The smallest absolute Gasteiger partial charge is 0.331 e. The Morgan fingerprint density at radius 1 is 1.36 bits per heavy atom. The first-order valence-corrected chi connectivity index (χ1v) is 9.38. The minimum atomic E-state index is -0.421. The highest BCUT2D eigenvalue weighted by molar-refractivity contribution is 5.79. The molecule has 1 heterocycles. The van der Waals surface area contributed by atoms with Crippen LogP contribution in [0.3, 0.4) is 0 Å². The summed E-state index contributed by atoms with van der Waals surface area (Å²) in [5.74, 6) is -0.206. The summed E-state index contributed by atoms with van der Waals surface area (Å²) in [5.41, 5.74) is 0. The van der Waals surface area contributed by atoms with Crippen LogP contribution in [0.25, 0.3) is 0 Å². The number of unbranched alkanes of at least 4 members (excludes halogenated alkanes) is 3. The second kappa shape index (κ2) is 12.9. The van der Waals surface area contributed by atoms with E-state index in [0.29, 0.717) is 19.6 Å². The molecule has 6 heteroatoms. The molecule has 0 radical (unpaired) electrons. The van der Waals surface area contributed by atoms with E-state index in [1.165, 1.54) is 7.11 Å². The molecule has 25 heavy (non-hydrogen) atoms. The summed E-state index contributed by atoms with van der Waals surface area (Å²) in [5, 5.41) is 9.98. The number of hydrogen-bond donors (Lipinski definition) is 1. The third-order valence-electron chi connectivity index (χ3n) is 4.42. The molecule has 1 saturated heterocycles. The SMILES string of the molecule is CCCCCC(O)C=CC1CCC(=O)N1CCCCOCC(=O)OC. The topological polar surface area (TPSA) is 76.1 Å². The van der Waals surface area contributed by atoms with Crippen molar-refractivity contribution in [2.24, 2.45) is 0 Å². The van der Waals surface area contributed by atoms with Gasteiger partial charge in [-0.25, -0.2) is 4.79 Å². The highest BCUT2D eigenvalue weighted by atomic mass is 16.6. The number of amides is 1. The maximum atomic E-state index is 12.0. The number of likely N-dealkylation sites (tertiary alicyclic amines) is 1. The number of methoxy groups -OCH3 is 1. The number of carbonyl (C=O) groups is 2. The van der Waals surface area contributed by atoms with E-state index >= 15 is 0 Å². The zero-order valence-corrected chi connectivity index (χ0v) is 15.6. The van der Waals surface area contributed by atoms with Crippen molar-refractivity contribution in [3.8, 4) is 0 Å². The van der Waals surface area contributed by atoms with Gasteiger partial charge in [-0.2, -0.15) is 0 Å². The van der Waals surface area contributed by atoms with Gasteiger partial charge in [-0.1, -0.05) is 38.3 Å².